The number of sulfonamides is 1. The van der Waals surface area contributed by atoms with Gasteiger partial charge >= 0.3 is 0 Å². The first kappa shape index (κ1) is 10.3. The largest absolute Gasteiger partial charge is 0.219 e. The van der Waals surface area contributed by atoms with E-state index in [0.717, 1.165) is 31.2 Å². The van der Waals surface area contributed by atoms with E-state index in [4.69, 9.17) is 0 Å². The minimum absolute atomic E-state index is 0.0654. The fourth-order valence-electron chi connectivity index (χ4n) is 2.50. The molecule has 1 saturated heterocycles. The van der Waals surface area contributed by atoms with Crippen LogP contribution >= 0.6 is 0 Å². The van der Waals surface area contributed by atoms with Crippen LogP contribution in [0.2, 0.25) is 0 Å². The lowest BCUT2D eigenvalue weighted by Gasteiger charge is -2.29. The van der Waals surface area contributed by atoms with E-state index in [1.54, 1.807) is 0 Å². The van der Waals surface area contributed by atoms with Crippen molar-refractivity contribution in [3.8, 4) is 0 Å². The normalized spacial score (nSPS) is 30.1. The first-order chi connectivity index (χ1) is 7.61. The predicted octanol–water partition coefficient (Wildman–Crippen LogP) is 1.97. The third kappa shape index (κ3) is 1.66. The van der Waals surface area contributed by atoms with Crippen LogP contribution in [0.5, 0.6) is 0 Å². The summed E-state index contributed by atoms with van der Waals surface area (Å²) in [5, 5.41) is -0.361. The van der Waals surface area contributed by atoms with Crippen molar-refractivity contribution in [3.63, 3.8) is 0 Å². The Kier molecular flexibility index (Phi) is 2.13. The molecular weight excluding hydrogens is 222 g/mol. The third-order valence-electron chi connectivity index (χ3n) is 3.64. The summed E-state index contributed by atoms with van der Waals surface area (Å²) in [4.78, 5) is 0. The summed E-state index contributed by atoms with van der Waals surface area (Å²) in [5.41, 5.74) is 0.843. The summed E-state index contributed by atoms with van der Waals surface area (Å²) < 4.78 is 27.1. The average molecular weight is 237 g/mol. The van der Waals surface area contributed by atoms with Crippen molar-refractivity contribution < 1.29 is 8.42 Å². The summed E-state index contributed by atoms with van der Waals surface area (Å²) in [6.07, 6.45) is 3.74. The maximum absolute atomic E-state index is 12.1. The quantitative estimate of drug-likeness (QED) is 0.811. The van der Waals surface area contributed by atoms with Crippen molar-refractivity contribution in [1.82, 2.24) is 4.72 Å². The number of nitrogens with one attached hydrogen (secondary N) is 1. The Labute approximate surface area is 95.9 Å². The monoisotopic (exact) mass is 237 g/mol. The van der Waals surface area contributed by atoms with Gasteiger partial charge in [0.05, 0.1) is 0 Å². The van der Waals surface area contributed by atoms with Crippen molar-refractivity contribution in [2.45, 2.75) is 36.5 Å². The van der Waals surface area contributed by atoms with Crippen LogP contribution in [0, 0.1) is 0 Å². The Morgan fingerprint density at radius 3 is 2.38 bits per heavy atom. The average Bonchev–Trinajstić information content (AvgIpc) is 2.97. The van der Waals surface area contributed by atoms with Gasteiger partial charge in [-0.1, -0.05) is 30.3 Å². The van der Waals surface area contributed by atoms with Crippen LogP contribution in [0.1, 0.15) is 36.5 Å². The molecule has 3 rings (SSSR count). The zero-order valence-corrected chi connectivity index (χ0v) is 9.83. The summed E-state index contributed by atoms with van der Waals surface area (Å²) in [6.45, 7) is 0. The van der Waals surface area contributed by atoms with Crippen LogP contribution in [0.4, 0.5) is 0 Å². The van der Waals surface area contributed by atoms with E-state index in [-0.39, 0.29) is 10.8 Å². The van der Waals surface area contributed by atoms with Gasteiger partial charge in [-0.05, 0) is 31.2 Å². The maximum atomic E-state index is 12.1. The molecule has 1 N–H and O–H groups in total. The lowest BCUT2D eigenvalue weighted by atomic mass is 10.0. The van der Waals surface area contributed by atoms with Crippen molar-refractivity contribution in [2.75, 3.05) is 0 Å². The van der Waals surface area contributed by atoms with Crippen LogP contribution < -0.4 is 4.72 Å². The molecule has 1 spiro atoms. The molecule has 1 aliphatic heterocycles. The third-order valence-corrected chi connectivity index (χ3v) is 5.62. The summed E-state index contributed by atoms with van der Waals surface area (Å²) in [5.74, 6) is 0. The molecule has 86 valence electrons. The molecule has 2 aliphatic rings. The van der Waals surface area contributed by atoms with E-state index in [0.29, 0.717) is 0 Å². The Morgan fingerprint density at radius 1 is 1.12 bits per heavy atom. The molecule has 16 heavy (non-hydrogen) atoms. The zero-order valence-electron chi connectivity index (χ0n) is 9.02. The summed E-state index contributed by atoms with van der Waals surface area (Å²) in [6, 6.07) is 9.50. The van der Waals surface area contributed by atoms with Crippen LogP contribution in [-0.2, 0) is 10.0 Å². The summed E-state index contributed by atoms with van der Waals surface area (Å²) >= 11 is 0. The van der Waals surface area contributed by atoms with Gasteiger partial charge in [-0.3, -0.25) is 0 Å². The second-order valence-electron chi connectivity index (χ2n) is 4.87. The molecule has 4 heteroatoms. The molecule has 1 heterocycles. The number of rotatable bonds is 1. The van der Waals surface area contributed by atoms with Crippen LogP contribution in [-0.4, -0.2) is 14.0 Å². The van der Waals surface area contributed by atoms with E-state index in [9.17, 15) is 8.42 Å². The SMILES string of the molecule is O=S1(=O)NC2(CCC1c1ccccc1)CC2. The van der Waals surface area contributed by atoms with Gasteiger partial charge in [0.15, 0.2) is 0 Å². The van der Waals surface area contributed by atoms with Gasteiger partial charge in [0, 0.05) is 5.54 Å². The molecule has 1 aromatic rings. The predicted molar refractivity (Wildman–Crippen MR) is 62.4 cm³/mol. The standard InChI is InChI=1S/C12H15NO2S/c14-16(15)11(10-4-2-1-3-5-10)6-7-12(13-16)8-9-12/h1-5,11,13H,6-9H2. The zero-order chi connectivity index (χ0) is 11.2. The highest BCUT2D eigenvalue weighted by molar-refractivity contribution is 7.89. The molecule has 1 aromatic carbocycles. The van der Waals surface area contributed by atoms with Crippen LogP contribution in [0.15, 0.2) is 30.3 Å². The highest BCUT2D eigenvalue weighted by Crippen LogP contribution is 2.47. The molecule has 0 amide bonds. The molecule has 1 saturated carbocycles. The number of hydrogen-bond donors (Lipinski definition) is 1. The molecule has 0 bridgehead atoms. The van der Waals surface area contributed by atoms with Gasteiger partial charge in [0.25, 0.3) is 0 Å². The van der Waals surface area contributed by atoms with E-state index >= 15 is 0 Å². The smallest absolute Gasteiger partial charge is 0.212 e. The van der Waals surface area contributed by atoms with Crippen molar-refractivity contribution in [3.05, 3.63) is 35.9 Å². The Hall–Kier alpha value is -0.870. The van der Waals surface area contributed by atoms with E-state index < -0.39 is 10.0 Å². The van der Waals surface area contributed by atoms with E-state index in [2.05, 4.69) is 4.72 Å². The van der Waals surface area contributed by atoms with Crippen molar-refractivity contribution >= 4 is 10.0 Å². The van der Waals surface area contributed by atoms with E-state index in [1.165, 1.54) is 0 Å². The maximum Gasteiger partial charge on any atom is 0.219 e. The van der Waals surface area contributed by atoms with Crippen LogP contribution in [0.25, 0.3) is 0 Å². The van der Waals surface area contributed by atoms with E-state index in [1.807, 2.05) is 30.3 Å². The van der Waals surface area contributed by atoms with Crippen molar-refractivity contribution in [2.24, 2.45) is 0 Å². The Balaban J connectivity index is 1.92. The molecule has 0 radical (unpaired) electrons. The fourth-order valence-corrected chi connectivity index (χ4v) is 4.50. The lowest BCUT2D eigenvalue weighted by molar-refractivity contribution is 0.453. The minimum Gasteiger partial charge on any atom is -0.212 e. The van der Waals surface area contributed by atoms with Gasteiger partial charge in [-0.15, -0.1) is 0 Å². The van der Waals surface area contributed by atoms with Gasteiger partial charge in [0.2, 0.25) is 10.0 Å². The Bertz CT molecular complexity index is 491. The topological polar surface area (TPSA) is 46.2 Å². The minimum atomic E-state index is -3.17. The molecule has 0 aromatic heterocycles. The number of hydrogen-bond acceptors (Lipinski definition) is 2. The van der Waals surface area contributed by atoms with Gasteiger partial charge in [0.1, 0.15) is 5.25 Å². The summed E-state index contributed by atoms with van der Waals surface area (Å²) in [7, 11) is -3.17. The molecule has 2 fully saturated rings. The van der Waals surface area contributed by atoms with Crippen molar-refractivity contribution in [1.29, 1.82) is 0 Å². The molecule has 1 atom stereocenters. The highest BCUT2D eigenvalue weighted by Gasteiger charge is 2.51. The Morgan fingerprint density at radius 2 is 1.81 bits per heavy atom. The molecular formula is C12H15NO2S. The number of benzene rings is 1. The molecule has 3 nitrogen and oxygen atoms in total. The highest BCUT2D eigenvalue weighted by atomic mass is 32.2. The first-order valence-corrected chi connectivity index (χ1v) is 7.24. The van der Waals surface area contributed by atoms with Crippen LogP contribution in [0.3, 0.4) is 0 Å². The van der Waals surface area contributed by atoms with Gasteiger partial charge in [-0.25, -0.2) is 13.1 Å². The molecule has 1 unspecified atom stereocenters. The second kappa shape index (κ2) is 3.31. The fraction of sp³-hybridized carbons (Fsp3) is 0.500. The van der Waals surface area contributed by atoms with Gasteiger partial charge in [-0.2, -0.15) is 0 Å². The lowest BCUT2D eigenvalue weighted by Crippen LogP contribution is -2.44. The second-order valence-corrected chi connectivity index (χ2v) is 6.73. The molecule has 1 aliphatic carbocycles. The first-order valence-electron chi connectivity index (χ1n) is 5.69. The van der Waals surface area contributed by atoms with Gasteiger partial charge < -0.3 is 0 Å².